The number of carbonyl (C=O) groups is 1. The molecule has 128 valence electrons. The van der Waals surface area contributed by atoms with Crippen molar-refractivity contribution in [3.63, 3.8) is 0 Å². The summed E-state index contributed by atoms with van der Waals surface area (Å²) >= 11 is 0. The third-order valence-corrected chi connectivity index (χ3v) is 3.68. The van der Waals surface area contributed by atoms with Gasteiger partial charge in [-0.25, -0.2) is 0 Å². The van der Waals surface area contributed by atoms with E-state index in [0.717, 1.165) is 12.8 Å². The van der Waals surface area contributed by atoms with Gasteiger partial charge in [-0.3, -0.25) is 4.79 Å². The lowest BCUT2D eigenvalue weighted by Crippen LogP contribution is -1.97. The van der Waals surface area contributed by atoms with Gasteiger partial charge in [0.2, 0.25) is 0 Å². The fourth-order valence-electron chi connectivity index (χ4n) is 2.28. The van der Waals surface area contributed by atoms with Gasteiger partial charge in [0.05, 0.1) is 6.10 Å². The van der Waals surface area contributed by atoms with Gasteiger partial charge in [-0.15, -0.1) is 0 Å². The van der Waals surface area contributed by atoms with E-state index < -0.39 is 5.97 Å². The van der Waals surface area contributed by atoms with E-state index in [-0.39, 0.29) is 18.6 Å². The first-order valence-electron chi connectivity index (χ1n) is 8.76. The molecule has 1 aliphatic rings. The van der Waals surface area contributed by atoms with Crippen LogP contribution in [0.4, 0.5) is 0 Å². The van der Waals surface area contributed by atoms with Gasteiger partial charge in [0.15, 0.2) is 0 Å². The highest BCUT2D eigenvalue weighted by Crippen LogP contribution is 2.28. The number of carboxylic acids is 1. The molecule has 1 N–H and O–H groups in total. The van der Waals surface area contributed by atoms with Crippen molar-refractivity contribution in [1.82, 2.24) is 0 Å². The molecule has 1 saturated heterocycles. The topological polar surface area (TPSA) is 49.8 Å². The second kappa shape index (κ2) is 12.9. The molecular formula is C20H30O3. The Bertz CT molecular complexity index is 432. The van der Waals surface area contributed by atoms with Gasteiger partial charge in [-0.2, -0.15) is 0 Å². The van der Waals surface area contributed by atoms with Crippen molar-refractivity contribution in [2.45, 2.75) is 70.5 Å². The van der Waals surface area contributed by atoms with E-state index in [4.69, 9.17) is 9.84 Å². The van der Waals surface area contributed by atoms with Crippen LogP contribution in [0.15, 0.2) is 48.6 Å². The fourth-order valence-corrected chi connectivity index (χ4v) is 2.28. The van der Waals surface area contributed by atoms with E-state index in [0.29, 0.717) is 6.42 Å². The number of epoxide rings is 1. The highest BCUT2D eigenvalue weighted by Gasteiger charge is 2.35. The van der Waals surface area contributed by atoms with Crippen LogP contribution in [0.2, 0.25) is 0 Å². The number of hydrogen-bond donors (Lipinski definition) is 1. The molecule has 2 atom stereocenters. The van der Waals surface area contributed by atoms with Gasteiger partial charge in [0.1, 0.15) is 6.10 Å². The lowest BCUT2D eigenvalue weighted by molar-refractivity contribution is -0.137. The van der Waals surface area contributed by atoms with Gasteiger partial charge in [0, 0.05) is 6.42 Å². The number of unbranched alkanes of at least 4 members (excludes halogenated alkanes) is 3. The summed E-state index contributed by atoms with van der Waals surface area (Å²) < 4.78 is 5.46. The minimum Gasteiger partial charge on any atom is -0.481 e. The van der Waals surface area contributed by atoms with Gasteiger partial charge in [-0.1, -0.05) is 68.4 Å². The maximum atomic E-state index is 10.4. The van der Waals surface area contributed by atoms with Gasteiger partial charge in [0.25, 0.3) is 0 Å². The van der Waals surface area contributed by atoms with E-state index in [2.05, 4.69) is 31.2 Å². The summed E-state index contributed by atoms with van der Waals surface area (Å²) in [5.41, 5.74) is 0. The van der Waals surface area contributed by atoms with Crippen LogP contribution in [0.3, 0.4) is 0 Å². The summed E-state index contributed by atoms with van der Waals surface area (Å²) in [6.07, 6.45) is 24.9. The first kappa shape index (κ1) is 19.4. The van der Waals surface area contributed by atoms with Crippen LogP contribution < -0.4 is 0 Å². The van der Waals surface area contributed by atoms with Crippen molar-refractivity contribution in [3.05, 3.63) is 48.6 Å². The largest absolute Gasteiger partial charge is 0.481 e. The predicted octanol–water partition coefficient (Wildman–Crippen LogP) is 5.20. The Labute approximate surface area is 140 Å². The lowest BCUT2D eigenvalue weighted by atomic mass is 10.1. The maximum absolute atomic E-state index is 10.4. The molecule has 0 aromatic carbocycles. The number of hydrogen-bond acceptors (Lipinski definition) is 2. The molecule has 0 radical (unpaired) electrons. The van der Waals surface area contributed by atoms with E-state index in [1.54, 1.807) is 0 Å². The molecule has 1 aliphatic heterocycles. The minimum atomic E-state index is -0.733. The highest BCUT2D eigenvalue weighted by molar-refractivity contribution is 5.66. The molecule has 1 fully saturated rings. The molecule has 0 bridgehead atoms. The first-order chi connectivity index (χ1) is 11.2. The van der Waals surface area contributed by atoms with Crippen LogP contribution >= 0.6 is 0 Å². The standard InChI is InChI=1S/C20H30O3/c1-2-3-4-5-6-7-8-9-10-11-12-13-15-18-19(23-18)16-14-17-20(21)22/h6-7,9-13,15,18-19H,2-5,8,14,16-17H2,1H3,(H,21,22)/b7-6?,10-9?,12-11+,15-13+/t18-,19-/m0/s1. The molecule has 23 heavy (non-hydrogen) atoms. The zero-order valence-corrected chi connectivity index (χ0v) is 14.2. The van der Waals surface area contributed by atoms with E-state index in [9.17, 15) is 4.79 Å². The molecule has 0 saturated carbocycles. The van der Waals surface area contributed by atoms with Crippen molar-refractivity contribution in [2.24, 2.45) is 0 Å². The highest BCUT2D eigenvalue weighted by atomic mass is 16.6. The van der Waals surface area contributed by atoms with Crippen molar-refractivity contribution < 1.29 is 14.6 Å². The van der Waals surface area contributed by atoms with Gasteiger partial charge in [-0.05, 0) is 32.1 Å². The molecule has 0 unspecified atom stereocenters. The van der Waals surface area contributed by atoms with Crippen LogP contribution in [0.25, 0.3) is 0 Å². The van der Waals surface area contributed by atoms with E-state index >= 15 is 0 Å². The quantitative estimate of drug-likeness (QED) is 0.220. The molecule has 1 rings (SSSR count). The third-order valence-electron chi connectivity index (χ3n) is 3.68. The molecule has 3 nitrogen and oxygen atoms in total. The zero-order valence-electron chi connectivity index (χ0n) is 14.2. The fraction of sp³-hybridized carbons (Fsp3) is 0.550. The number of carboxylic acid groups (broad SMARTS) is 1. The summed E-state index contributed by atoms with van der Waals surface area (Å²) in [5.74, 6) is -0.733. The molecular weight excluding hydrogens is 288 g/mol. The summed E-state index contributed by atoms with van der Waals surface area (Å²) in [6, 6.07) is 0. The summed E-state index contributed by atoms with van der Waals surface area (Å²) in [6.45, 7) is 2.22. The van der Waals surface area contributed by atoms with Gasteiger partial charge >= 0.3 is 5.97 Å². The first-order valence-corrected chi connectivity index (χ1v) is 8.76. The number of rotatable bonds is 13. The zero-order chi connectivity index (χ0) is 16.8. The Morgan fingerprint density at radius 1 is 1.04 bits per heavy atom. The average molecular weight is 318 g/mol. The summed E-state index contributed by atoms with van der Waals surface area (Å²) in [4.78, 5) is 10.4. The monoisotopic (exact) mass is 318 g/mol. The lowest BCUT2D eigenvalue weighted by Gasteiger charge is -1.91. The molecule has 1 heterocycles. The molecule has 0 aromatic heterocycles. The Balaban J connectivity index is 1.99. The second-order valence-corrected chi connectivity index (χ2v) is 5.83. The van der Waals surface area contributed by atoms with Crippen LogP contribution in [0.5, 0.6) is 0 Å². The van der Waals surface area contributed by atoms with Crippen molar-refractivity contribution >= 4 is 5.97 Å². The average Bonchev–Trinajstić information content (AvgIpc) is 3.26. The molecule has 0 spiro atoms. The Kier molecular flexibility index (Phi) is 10.9. The Morgan fingerprint density at radius 3 is 2.65 bits per heavy atom. The van der Waals surface area contributed by atoms with Crippen LogP contribution in [0.1, 0.15) is 58.3 Å². The van der Waals surface area contributed by atoms with Crippen LogP contribution in [-0.4, -0.2) is 23.3 Å². The molecule has 0 aromatic rings. The van der Waals surface area contributed by atoms with E-state index in [1.165, 1.54) is 25.7 Å². The van der Waals surface area contributed by atoms with E-state index in [1.807, 2.05) is 24.3 Å². The van der Waals surface area contributed by atoms with Gasteiger partial charge < -0.3 is 9.84 Å². The third kappa shape index (κ3) is 11.6. The normalized spacial score (nSPS) is 21.3. The van der Waals surface area contributed by atoms with Crippen molar-refractivity contribution in [2.75, 3.05) is 0 Å². The number of ether oxygens (including phenoxy) is 1. The SMILES string of the molecule is CCCCCC=CCC=C/C=C/C=C/[C@@H]1O[C@H]1CCCC(=O)O. The Morgan fingerprint density at radius 2 is 1.87 bits per heavy atom. The molecule has 0 amide bonds. The summed E-state index contributed by atoms with van der Waals surface area (Å²) in [5, 5.41) is 8.56. The number of aliphatic carboxylic acids is 1. The smallest absolute Gasteiger partial charge is 0.303 e. The molecule has 3 heteroatoms. The van der Waals surface area contributed by atoms with Crippen LogP contribution in [-0.2, 0) is 9.53 Å². The summed E-state index contributed by atoms with van der Waals surface area (Å²) in [7, 11) is 0. The Hall–Kier alpha value is -1.61. The second-order valence-electron chi connectivity index (χ2n) is 5.83. The molecule has 0 aliphatic carbocycles. The number of allylic oxidation sites excluding steroid dienone is 7. The van der Waals surface area contributed by atoms with Crippen molar-refractivity contribution in [3.8, 4) is 0 Å². The van der Waals surface area contributed by atoms with Crippen LogP contribution in [0, 0.1) is 0 Å². The minimum absolute atomic E-state index is 0.170. The van der Waals surface area contributed by atoms with Crippen molar-refractivity contribution in [1.29, 1.82) is 0 Å². The maximum Gasteiger partial charge on any atom is 0.303 e. The predicted molar refractivity (Wildman–Crippen MR) is 95.5 cm³/mol.